The number of aromatic amines is 1. The van der Waals surface area contributed by atoms with Gasteiger partial charge in [0.1, 0.15) is 5.75 Å². The van der Waals surface area contributed by atoms with Crippen molar-refractivity contribution < 1.29 is 9.15 Å². The van der Waals surface area contributed by atoms with Crippen LogP contribution in [0.2, 0.25) is 0 Å². The van der Waals surface area contributed by atoms with Crippen molar-refractivity contribution in [3.05, 3.63) is 70.0 Å². The average Bonchev–Trinajstić information content (AvgIpc) is 3.37. The van der Waals surface area contributed by atoms with Crippen molar-refractivity contribution in [3.63, 3.8) is 0 Å². The summed E-state index contributed by atoms with van der Waals surface area (Å²) in [5, 5.41) is 1.18. The number of hydrogen-bond acceptors (Lipinski definition) is 5. The van der Waals surface area contributed by atoms with Crippen LogP contribution in [0.3, 0.4) is 0 Å². The Bertz CT molecular complexity index is 1240. The minimum atomic E-state index is -0.0920. The number of H-pyrrole nitrogens is 1. The number of fused-ring (bicyclic) bond motifs is 2. The number of ether oxygens (including phenoxy) is 1. The molecule has 3 aromatic heterocycles. The Balaban J connectivity index is 1.43. The van der Waals surface area contributed by atoms with Crippen molar-refractivity contribution in [3.8, 4) is 17.3 Å². The number of benzene rings is 1. The molecule has 0 amide bonds. The molecule has 7 nitrogen and oxygen atoms in total. The summed E-state index contributed by atoms with van der Waals surface area (Å²) in [6, 6.07) is 9.72. The van der Waals surface area contributed by atoms with E-state index >= 15 is 0 Å². The van der Waals surface area contributed by atoms with E-state index in [4.69, 9.17) is 9.15 Å². The van der Waals surface area contributed by atoms with E-state index in [9.17, 15) is 4.79 Å². The van der Waals surface area contributed by atoms with Gasteiger partial charge < -0.3 is 18.7 Å². The Hall–Kier alpha value is -3.32. The molecule has 0 fully saturated rings. The first-order chi connectivity index (χ1) is 14.1. The van der Waals surface area contributed by atoms with Gasteiger partial charge in [0.15, 0.2) is 11.6 Å². The first kappa shape index (κ1) is 17.8. The number of furan rings is 1. The highest BCUT2D eigenvalue weighted by Gasteiger charge is 2.23. The first-order valence-electron chi connectivity index (χ1n) is 9.62. The number of rotatable bonds is 4. The van der Waals surface area contributed by atoms with E-state index in [-0.39, 0.29) is 5.56 Å². The maximum Gasteiger partial charge on any atom is 0.256 e. The van der Waals surface area contributed by atoms with Crippen LogP contribution < -0.4 is 10.3 Å². The number of nitrogens with zero attached hydrogens (tertiary/aromatic N) is 3. The van der Waals surface area contributed by atoms with Gasteiger partial charge in [0.2, 0.25) is 0 Å². The predicted molar refractivity (Wildman–Crippen MR) is 110 cm³/mol. The van der Waals surface area contributed by atoms with E-state index in [2.05, 4.69) is 44.8 Å². The molecule has 7 heteroatoms. The van der Waals surface area contributed by atoms with Gasteiger partial charge >= 0.3 is 0 Å². The van der Waals surface area contributed by atoms with Gasteiger partial charge in [-0.3, -0.25) is 9.69 Å². The molecule has 29 heavy (non-hydrogen) atoms. The first-order valence-corrected chi connectivity index (χ1v) is 9.62. The minimum absolute atomic E-state index is 0.0920. The topological polar surface area (TPSA) is 76.3 Å². The van der Waals surface area contributed by atoms with Gasteiger partial charge in [-0.25, -0.2) is 4.98 Å². The summed E-state index contributed by atoms with van der Waals surface area (Å²) in [4.78, 5) is 22.5. The lowest BCUT2D eigenvalue weighted by Gasteiger charge is -2.27. The molecule has 0 aliphatic carbocycles. The summed E-state index contributed by atoms with van der Waals surface area (Å²) in [5.41, 5.74) is 3.90. The Labute approximate surface area is 167 Å². The van der Waals surface area contributed by atoms with E-state index in [1.165, 1.54) is 16.5 Å². The van der Waals surface area contributed by atoms with Gasteiger partial charge in [0.05, 0.1) is 24.6 Å². The molecule has 0 bridgehead atoms. The zero-order chi connectivity index (χ0) is 20.0. The van der Waals surface area contributed by atoms with Crippen LogP contribution in [-0.4, -0.2) is 33.1 Å². The molecule has 0 spiro atoms. The van der Waals surface area contributed by atoms with Crippen LogP contribution in [0.4, 0.5) is 0 Å². The maximum atomic E-state index is 12.7. The quantitative estimate of drug-likeness (QED) is 0.580. The maximum absolute atomic E-state index is 12.7. The van der Waals surface area contributed by atoms with E-state index < -0.39 is 0 Å². The Kier molecular flexibility index (Phi) is 4.24. The van der Waals surface area contributed by atoms with Gasteiger partial charge in [-0.15, -0.1) is 0 Å². The van der Waals surface area contributed by atoms with Gasteiger partial charge in [-0.1, -0.05) is 0 Å². The van der Waals surface area contributed by atoms with Crippen molar-refractivity contribution >= 4 is 10.9 Å². The Morgan fingerprint density at radius 3 is 3.00 bits per heavy atom. The molecule has 4 heterocycles. The highest BCUT2D eigenvalue weighted by Crippen LogP contribution is 2.28. The van der Waals surface area contributed by atoms with Crippen molar-refractivity contribution in [1.29, 1.82) is 0 Å². The number of aryl methyl sites for hydroxylation is 1. The predicted octanol–water partition coefficient (Wildman–Crippen LogP) is 3.09. The molecule has 5 rings (SSSR count). The molecule has 0 atom stereocenters. The van der Waals surface area contributed by atoms with Gasteiger partial charge in [0.25, 0.3) is 5.56 Å². The molecule has 0 saturated carbocycles. The summed E-state index contributed by atoms with van der Waals surface area (Å²) in [7, 11) is 3.73. The van der Waals surface area contributed by atoms with E-state index in [1.54, 1.807) is 25.5 Å². The number of aromatic nitrogens is 3. The van der Waals surface area contributed by atoms with Crippen LogP contribution in [0.25, 0.3) is 22.5 Å². The molecule has 0 unspecified atom stereocenters. The highest BCUT2D eigenvalue weighted by atomic mass is 16.5. The van der Waals surface area contributed by atoms with Crippen LogP contribution in [-0.2, 0) is 26.6 Å². The molecular formula is C22H22N4O3. The third kappa shape index (κ3) is 3.13. The molecule has 4 aromatic rings. The molecule has 1 N–H and O–H groups in total. The standard InChI is InChI=1S/C22H22N4O3/c1-25-11-14(16-10-15(28-2)5-6-19(16)25)12-26-8-7-18-17(13-26)22(27)24-21(23-18)20-4-3-9-29-20/h3-6,9-11H,7-8,12-13H2,1-2H3,(H,23,24,27). The fraction of sp³-hybridized carbons (Fsp3) is 0.273. The molecule has 1 aliphatic heterocycles. The van der Waals surface area contributed by atoms with E-state index in [1.807, 2.05) is 6.07 Å². The van der Waals surface area contributed by atoms with Crippen LogP contribution in [0.1, 0.15) is 16.8 Å². The van der Waals surface area contributed by atoms with E-state index in [0.29, 0.717) is 18.1 Å². The molecule has 148 valence electrons. The summed E-state index contributed by atoms with van der Waals surface area (Å²) >= 11 is 0. The van der Waals surface area contributed by atoms with Crippen LogP contribution >= 0.6 is 0 Å². The van der Waals surface area contributed by atoms with Crippen LogP contribution in [0.5, 0.6) is 5.75 Å². The Morgan fingerprint density at radius 1 is 1.31 bits per heavy atom. The second-order valence-corrected chi connectivity index (χ2v) is 7.43. The summed E-state index contributed by atoms with van der Waals surface area (Å²) in [6.07, 6.45) is 4.47. The van der Waals surface area contributed by atoms with Crippen LogP contribution in [0.15, 0.2) is 52.0 Å². The molecule has 0 radical (unpaired) electrons. The fourth-order valence-corrected chi connectivity index (χ4v) is 4.09. The smallest absolute Gasteiger partial charge is 0.256 e. The largest absolute Gasteiger partial charge is 0.497 e. The summed E-state index contributed by atoms with van der Waals surface area (Å²) in [6.45, 7) is 2.20. The lowest BCUT2D eigenvalue weighted by molar-refractivity contribution is 0.242. The minimum Gasteiger partial charge on any atom is -0.497 e. The summed E-state index contributed by atoms with van der Waals surface area (Å²) < 4.78 is 12.9. The molecule has 1 aliphatic rings. The SMILES string of the molecule is COc1ccc2c(c1)c(CN1CCc3nc(-c4ccco4)[nH]c(=O)c3C1)cn2C. The van der Waals surface area contributed by atoms with Crippen molar-refractivity contribution in [2.24, 2.45) is 7.05 Å². The molecular weight excluding hydrogens is 368 g/mol. The van der Waals surface area contributed by atoms with E-state index in [0.717, 1.165) is 36.5 Å². The number of methoxy groups -OCH3 is 1. The fourth-order valence-electron chi connectivity index (χ4n) is 4.09. The Morgan fingerprint density at radius 2 is 2.21 bits per heavy atom. The third-order valence-electron chi connectivity index (χ3n) is 5.58. The zero-order valence-corrected chi connectivity index (χ0v) is 16.4. The van der Waals surface area contributed by atoms with Gasteiger partial charge in [-0.2, -0.15) is 0 Å². The van der Waals surface area contributed by atoms with Gasteiger partial charge in [-0.05, 0) is 35.9 Å². The number of hydrogen-bond donors (Lipinski definition) is 1. The monoisotopic (exact) mass is 390 g/mol. The van der Waals surface area contributed by atoms with Crippen molar-refractivity contribution in [2.75, 3.05) is 13.7 Å². The lowest BCUT2D eigenvalue weighted by Crippen LogP contribution is -2.35. The van der Waals surface area contributed by atoms with Crippen molar-refractivity contribution in [1.82, 2.24) is 19.4 Å². The van der Waals surface area contributed by atoms with Gasteiger partial charge in [0, 0.05) is 50.2 Å². The second kappa shape index (κ2) is 6.93. The average molecular weight is 390 g/mol. The van der Waals surface area contributed by atoms with Crippen molar-refractivity contribution in [2.45, 2.75) is 19.5 Å². The third-order valence-corrected chi connectivity index (χ3v) is 5.58. The lowest BCUT2D eigenvalue weighted by atomic mass is 10.1. The molecule has 1 aromatic carbocycles. The van der Waals surface area contributed by atoms with Crippen LogP contribution in [0, 0.1) is 0 Å². The second-order valence-electron chi connectivity index (χ2n) is 7.43. The normalized spacial score (nSPS) is 14.3. The molecule has 0 saturated heterocycles. The highest BCUT2D eigenvalue weighted by molar-refractivity contribution is 5.85. The summed E-state index contributed by atoms with van der Waals surface area (Å²) in [5.74, 6) is 1.92. The number of nitrogens with one attached hydrogen (secondary N) is 1. The zero-order valence-electron chi connectivity index (χ0n) is 16.4.